The first-order valence-corrected chi connectivity index (χ1v) is 7.41. The molecule has 1 aromatic heterocycles. The lowest BCUT2D eigenvalue weighted by molar-refractivity contribution is 0.517. The summed E-state index contributed by atoms with van der Waals surface area (Å²) in [6.07, 6.45) is 8.92. The summed E-state index contributed by atoms with van der Waals surface area (Å²) in [6.45, 7) is 0. The van der Waals surface area contributed by atoms with Crippen molar-refractivity contribution in [3.8, 4) is 0 Å². The average molecular weight is 225 g/mol. The van der Waals surface area contributed by atoms with E-state index in [2.05, 4.69) is 17.1 Å². The molecule has 0 unspecified atom stereocenters. The van der Waals surface area contributed by atoms with Crippen molar-refractivity contribution in [2.75, 3.05) is 0 Å². The predicted molar refractivity (Wildman–Crippen MR) is 64.6 cm³/mol. The highest BCUT2D eigenvalue weighted by Crippen LogP contribution is 2.39. The van der Waals surface area contributed by atoms with Crippen LogP contribution in [0.3, 0.4) is 0 Å². The average Bonchev–Trinajstić information content (AvgIpc) is 2.29. The molecule has 14 heavy (non-hydrogen) atoms. The van der Waals surface area contributed by atoms with E-state index in [-0.39, 0.29) is 0 Å². The van der Waals surface area contributed by atoms with Crippen LogP contribution in [0.5, 0.6) is 0 Å². The number of aromatic nitrogens is 1. The summed E-state index contributed by atoms with van der Waals surface area (Å²) in [5, 5.41) is 2.00. The van der Waals surface area contributed by atoms with Crippen LogP contribution < -0.4 is 0 Å². The molecule has 0 amide bonds. The highest BCUT2D eigenvalue weighted by atomic mass is 33.1. The second-order valence-electron chi connectivity index (χ2n) is 3.61. The van der Waals surface area contributed by atoms with E-state index in [0.717, 1.165) is 10.3 Å². The maximum Gasteiger partial charge on any atom is 0.106 e. The second-order valence-corrected chi connectivity index (χ2v) is 6.13. The van der Waals surface area contributed by atoms with E-state index in [1.165, 1.54) is 32.1 Å². The van der Waals surface area contributed by atoms with Crippen LogP contribution in [0.15, 0.2) is 29.4 Å². The Balaban J connectivity index is 1.76. The zero-order chi connectivity index (χ0) is 9.64. The minimum Gasteiger partial charge on any atom is -0.249 e. The van der Waals surface area contributed by atoms with Gasteiger partial charge in [0.1, 0.15) is 5.03 Å². The summed E-state index contributed by atoms with van der Waals surface area (Å²) < 4.78 is 0. The Kier molecular flexibility index (Phi) is 4.20. The Morgan fingerprint density at radius 3 is 2.71 bits per heavy atom. The monoisotopic (exact) mass is 225 g/mol. The second kappa shape index (κ2) is 5.66. The van der Waals surface area contributed by atoms with Gasteiger partial charge in [-0.15, -0.1) is 0 Å². The van der Waals surface area contributed by atoms with Crippen LogP contribution in [0.25, 0.3) is 0 Å². The summed E-state index contributed by atoms with van der Waals surface area (Å²) in [7, 11) is 3.84. The molecule has 0 spiro atoms. The third-order valence-electron chi connectivity index (χ3n) is 2.46. The highest BCUT2D eigenvalue weighted by molar-refractivity contribution is 8.76. The minimum absolute atomic E-state index is 0.857. The Labute approximate surface area is 93.5 Å². The molecule has 0 atom stereocenters. The summed E-state index contributed by atoms with van der Waals surface area (Å²) >= 11 is 0. The van der Waals surface area contributed by atoms with Crippen molar-refractivity contribution in [3.63, 3.8) is 0 Å². The van der Waals surface area contributed by atoms with E-state index in [9.17, 15) is 0 Å². The molecule has 3 heteroatoms. The highest BCUT2D eigenvalue weighted by Gasteiger charge is 2.14. The van der Waals surface area contributed by atoms with Gasteiger partial charge < -0.3 is 0 Å². The third-order valence-corrected chi connectivity index (χ3v) is 5.33. The largest absolute Gasteiger partial charge is 0.249 e. The van der Waals surface area contributed by atoms with Gasteiger partial charge in [0.15, 0.2) is 0 Å². The predicted octanol–water partition coefficient (Wildman–Crippen LogP) is 4.15. The molecular weight excluding hydrogens is 210 g/mol. The molecule has 0 radical (unpaired) electrons. The molecule has 76 valence electrons. The molecule has 1 heterocycles. The Morgan fingerprint density at radius 1 is 1.14 bits per heavy atom. The zero-order valence-corrected chi connectivity index (χ0v) is 9.82. The molecule has 1 aliphatic rings. The third kappa shape index (κ3) is 3.21. The van der Waals surface area contributed by atoms with Crippen molar-refractivity contribution in [3.05, 3.63) is 24.4 Å². The first-order chi connectivity index (χ1) is 6.95. The molecule has 2 rings (SSSR count). The first kappa shape index (κ1) is 10.4. The zero-order valence-electron chi connectivity index (χ0n) is 8.19. The van der Waals surface area contributed by atoms with Gasteiger partial charge in [-0.1, -0.05) is 36.1 Å². The van der Waals surface area contributed by atoms with Crippen molar-refractivity contribution < 1.29 is 0 Å². The number of rotatable bonds is 3. The van der Waals surface area contributed by atoms with E-state index < -0.39 is 0 Å². The lowest BCUT2D eigenvalue weighted by Crippen LogP contribution is -2.06. The van der Waals surface area contributed by atoms with Gasteiger partial charge in [0.25, 0.3) is 0 Å². The van der Waals surface area contributed by atoms with Crippen LogP contribution in [-0.4, -0.2) is 10.2 Å². The van der Waals surface area contributed by atoms with Gasteiger partial charge in [-0.05, 0) is 35.8 Å². The van der Waals surface area contributed by atoms with Crippen molar-refractivity contribution in [2.24, 2.45) is 0 Å². The van der Waals surface area contributed by atoms with Gasteiger partial charge in [0.05, 0.1) is 0 Å². The SMILES string of the molecule is c1ccc(SSC2CCCCC2)nc1. The molecule has 0 N–H and O–H groups in total. The number of hydrogen-bond acceptors (Lipinski definition) is 3. The van der Waals surface area contributed by atoms with E-state index in [0.29, 0.717) is 0 Å². The molecule has 0 saturated heterocycles. The molecule has 0 aromatic carbocycles. The lowest BCUT2D eigenvalue weighted by atomic mass is 10.0. The molecule has 1 aliphatic carbocycles. The lowest BCUT2D eigenvalue weighted by Gasteiger charge is -2.19. The van der Waals surface area contributed by atoms with Crippen molar-refractivity contribution >= 4 is 21.6 Å². The Bertz CT molecular complexity index is 257. The number of pyridine rings is 1. The van der Waals surface area contributed by atoms with Gasteiger partial charge >= 0.3 is 0 Å². The maximum atomic E-state index is 4.31. The van der Waals surface area contributed by atoms with E-state index in [1.54, 1.807) is 0 Å². The number of nitrogens with zero attached hydrogens (tertiary/aromatic N) is 1. The van der Waals surface area contributed by atoms with Crippen molar-refractivity contribution in [1.82, 2.24) is 4.98 Å². The molecule has 1 saturated carbocycles. The smallest absolute Gasteiger partial charge is 0.106 e. The van der Waals surface area contributed by atoms with Crippen LogP contribution in [0.4, 0.5) is 0 Å². The Morgan fingerprint density at radius 2 is 2.00 bits per heavy atom. The molecule has 1 fully saturated rings. The van der Waals surface area contributed by atoms with E-state index in [4.69, 9.17) is 0 Å². The molecular formula is C11H15NS2. The fraction of sp³-hybridized carbons (Fsp3) is 0.545. The molecule has 0 bridgehead atoms. The van der Waals surface area contributed by atoms with Crippen molar-refractivity contribution in [2.45, 2.75) is 42.4 Å². The summed E-state index contributed by atoms with van der Waals surface area (Å²) in [4.78, 5) is 4.31. The van der Waals surface area contributed by atoms with Crippen LogP contribution in [0.1, 0.15) is 32.1 Å². The van der Waals surface area contributed by atoms with Crippen LogP contribution in [-0.2, 0) is 0 Å². The van der Waals surface area contributed by atoms with Gasteiger partial charge in [-0.25, -0.2) is 4.98 Å². The topological polar surface area (TPSA) is 12.9 Å². The minimum atomic E-state index is 0.857. The molecule has 1 nitrogen and oxygen atoms in total. The Hall–Kier alpha value is -0.150. The molecule has 1 aromatic rings. The van der Waals surface area contributed by atoms with Gasteiger partial charge in [0, 0.05) is 11.4 Å². The summed E-state index contributed by atoms with van der Waals surface area (Å²) in [6, 6.07) is 6.10. The fourth-order valence-corrected chi connectivity index (χ4v) is 4.25. The van der Waals surface area contributed by atoms with Crippen LogP contribution in [0.2, 0.25) is 0 Å². The van der Waals surface area contributed by atoms with Crippen molar-refractivity contribution in [1.29, 1.82) is 0 Å². The maximum absolute atomic E-state index is 4.31. The summed E-state index contributed by atoms with van der Waals surface area (Å²) in [5.41, 5.74) is 0. The van der Waals surface area contributed by atoms with Gasteiger partial charge in [-0.2, -0.15) is 0 Å². The standard InChI is InChI=1S/C11H15NS2/c1-2-6-10(7-3-1)13-14-11-8-4-5-9-12-11/h4-5,8-10H,1-3,6-7H2. The first-order valence-electron chi connectivity index (χ1n) is 5.19. The number of hydrogen-bond donors (Lipinski definition) is 0. The van der Waals surface area contributed by atoms with E-state index in [1.807, 2.05) is 33.9 Å². The van der Waals surface area contributed by atoms with Gasteiger partial charge in [-0.3, -0.25) is 0 Å². The summed E-state index contributed by atoms with van der Waals surface area (Å²) in [5.74, 6) is 0. The van der Waals surface area contributed by atoms with Crippen LogP contribution in [0, 0.1) is 0 Å². The van der Waals surface area contributed by atoms with E-state index >= 15 is 0 Å². The quantitative estimate of drug-likeness (QED) is 0.717. The van der Waals surface area contributed by atoms with Gasteiger partial charge in [0.2, 0.25) is 0 Å². The molecule has 0 aliphatic heterocycles. The van der Waals surface area contributed by atoms with Crippen LogP contribution >= 0.6 is 21.6 Å². The fourth-order valence-electron chi connectivity index (χ4n) is 1.68. The normalized spacial score (nSPS) is 18.3.